The molecule has 0 saturated heterocycles. The highest BCUT2D eigenvalue weighted by Gasteiger charge is 2.20. The van der Waals surface area contributed by atoms with Gasteiger partial charge in [-0.25, -0.2) is 0 Å². The number of nitrogen functional groups attached to an aromatic ring is 1. The topological polar surface area (TPSA) is 59.3 Å². The number of hydrogen-bond donors (Lipinski definition) is 3. The molecule has 0 aromatic heterocycles. The average molecular weight is 438 g/mol. The highest BCUT2D eigenvalue weighted by molar-refractivity contribution is 5.79. The molecule has 0 radical (unpaired) electrons. The van der Waals surface area contributed by atoms with Gasteiger partial charge in [-0.1, -0.05) is 76.8 Å². The largest absolute Gasteiger partial charge is 0.467 e. The molecule has 2 unspecified atom stereocenters. The van der Waals surface area contributed by atoms with Gasteiger partial charge in [0.15, 0.2) is 6.23 Å². The molecule has 0 aliphatic carbocycles. The quantitative estimate of drug-likeness (QED) is 0.308. The molecule has 4 N–H and O–H groups in total. The van der Waals surface area contributed by atoms with Crippen molar-refractivity contribution in [2.24, 2.45) is 0 Å². The molecule has 0 bridgehead atoms. The number of nitrogens with one attached hydrogen (secondary N) is 2. The molecule has 32 heavy (non-hydrogen) atoms. The summed E-state index contributed by atoms with van der Waals surface area (Å²) in [4.78, 5) is 0. The summed E-state index contributed by atoms with van der Waals surface area (Å²) in [6, 6.07) is 15.9. The van der Waals surface area contributed by atoms with E-state index in [1.54, 1.807) is 0 Å². The standard InChI is InChI=1S/C21H25N3O.C5H12.C2H6/c1-14(2)12-15(3)23-20-13-21(24-19-7-5-4-6-18(19)20)25-17-10-8-16(22)9-11-17;1-3-5-4-2;1-2/h4-13,15,21,23-24H,22H2,1-3H3;3-5H2,1-2H3;1-2H3. The average Bonchev–Trinajstić information content (AvgIpc) is 2.77. The number of allylic oxidation sites excluding steroid dienone is 1. The molecule has 0 saturated carbocycles. The molecule has 1 aliphatic heterocycles. The van der Waals surface area contributed by atoms with Crippen LogP contribution in [-0.4, -0.2) is 12.3 Å². The lowest BCUT2D eigenvalue weighted by Crippen LogP contribution is -2.32. The molecule has 2 aromatic carbocycles. The summed E-state index contributed by atoms with van der Waals surface area (Å²) in [6.45, 7) is 14.8. The maximum Gasteiger partial charge on any atom is 0.191 e. The highest BCUT2D eigenvalue weighted by atomic mass is 16.5. The van der Waals surface area contributed by atoms with E-state index in [1.165, 1.54) is 24.8 Å². The normalized spacial score (nSPS) is 14.6. The van der Waals surface area contributed by atoms with Gasteiger partial charge in [-0.2, -0.15) is 0 Å². The third-order valence-electron chi connectivity index (χ3n) is 4.65. The Labute approximate surface area is 196 Å². The van der Waals surface area contributed by atoms with Crippen molar-refractivity contribution in [3.8, 4) is 5.75 Å². The van der Waals surface area contributed by atoms with Crippen LogP contribution in [0.3, 0.4) is 0 Å². The number of para-hydroxylation sites is 1. The molecule has 1 aliphatic rings. The van der Waals surface area contributed by atoms with Crippen LogP contribution in [0.5, 0.6) is 5.75 Å². The van der Waals surface area contributed by atoms with E-state index in [0.29, 0.717) is 0 Å². The number of unbranched alkanes of at least 4 members (excludes halogenated alkanes) is 2. The Hall–Kier alpha value is -2.88. The van der Waals surface area contributed by atoms with Crippen LogP contribution in [-0.2, 0) is 0 Å². The number of fused-ring (bicyclic) bond motifs is 1. The maximum atomic E-state index is 6.06. The Morgan fingerprint density at radius 1 is 1.06 bits per heavy atom. The van der Waals surface area contributed by atoms with Crippen molar-refractivity contribution in [3.05, 3.63) is 71.8 Å². The Bertz CT molecular complexity index is 834. The first-order valence-electron chi connectivity index (χ1n) is 11.9. The van der Waals surface area contributed by atoms with E-state index in [2.05, 4.69) is 69.5 Å². The van der Waals surface area contributed by atoms with Gasteiger partial charge in [0.05, 0.1) is 0 Å². The van der Waals surface area contributed by atoms with E-state index >= 15 is 0 Å². The van der Waals surface area contributed by atoms with E-state index in [9.17, 15) is 0 Å². The zero-order valence-electron chi connectivity index (χ0n) is 21.0. The molecular weight excluding hydrogens is 394 g/mol. The Morgan fingerprint density at radius 3 is 2.25 bits per heavy atom. The molecule has 2 aromatic rings. The van der Waals surface area contributed by atoms with Crippen LogP contribution in [0, 0.1) is 0 Å². The van der Waals surface area contributed by atoms with Crippen molar-refractivity contribution in [2.45, 2.75) is 80.0 Å². The molecule has 0 spiro atoms. The van der Waals surface area contributed by atoms with E-state index in [0.717, 1.165) is 28.4 Å². The number of nitrogens with two attached hydrogens (primary N) is 1. The molecule has 0 amide bonds. The predicted octanol–water partition coefficient (Wildman–Crippen LogP) is 7.61. The Balaban J connectivity index is 0.000000646. The first-order valence-corrected chi connectivity index (χ1v) is 11.9. The number of benzene rings is 2. The van der Waals surface area contributed by atoms with Gasteiger partial charge in [-0.05, 0) is 51.1 Å². The summed E-state index contributed by atoms with van der Waals surface area (Å²) in [5.41, 5.74) is 11.0. The lowest BCUT2D eigenvalue weighted by molar-refractivity contribution is 0.276. The summed E-state index contributed by atoms with van der Waals surface area (Å²) in [5, 5.41) is 6.99. The fourth-order valence-electron chi connectivity index (χ4n) is 3.30. The predicted molar refractivity (Wildman–Crippen MR) is 142 cm³/mol. The maximum absolute atomic E-state index is 6.06. The lowest BCUT2D eigenvalue weighted by atomic mass is 10.0. The molecule has 4 heteroatoms. The van der Waals surface area contributed by atoms with E-state index in [-0.39, 0.29) is 12.3 Å². The third-order valence-corrected chi connectivity index (χ3v) is 4.65. The SMILES string of the molecule is CC.CC(C)=CC(C)NC1=CC(Oc2ccc(N)cc2)Nc2ccccc21.CCCCC. The van der Waals surface area contributed by atoms with Gasteiger partial charge in [0.25, 0.3) is 0 Å². The van der Waals surface area contributed by atoms with E-state index in [1.807, 2.05) is 50.2 Å². The van der Waals surface area contributed by atoms with Crippen molar-refractivity contribution in [1.29, 1.82) is 0 Å². The number of anilines is 2. The van der Waals surface area contributed by atoms with Crippen LogP contribution in [0.1, 0.15) is 73.3 Å². The van der Waals surface area contributed by atoms with Gasteiger partial charge in [0.1, 0.15) is 5.75 Å². The summed E-state index contributed by atoms with van der Waals surface area (Å²) in [5.74, 6) is 0.777. The molecule has 3 rings (SSSR count). The second-order valence-electron chi connectivity index (χ2n) is 7.91. The summed E-state index contributed by atoms with van der Waals surface area (Å²) >= 11 is 0. The van der Waals surface area contributed by atoms with Gasteiger partial charge in [-0.15, -0.1) is 0 Å². The summed E-state index contributed by atoms with van der Waals surface area (Å²) in [6.07, 6.45) is 8.11. The molecule has 0 fully saturated rings. The first-order chi connectivity index (χ1) is 15.4. The van der Waals surface area contributed by atoms with Crippen LogP contribution in [0.4, 0.5) is 11.4 Å². The van der Waals surface area contributed by atoms with Crippen LogP contribution < -0.4 is 21.1 Å². The smallest absolute Gasteiger partial charge is 0.191 e. The summed E-state index contributed by atoms with van der Waals surface area (Å²) in [7, 11) is 0. The van der Waals surface area contributed by atoms with Gasteiger partial charge in [-0.3, -0.25) is 0 Å². The zero-order valence-corrected chi connectivity index (χ0v) is 21.0. The van der Waals surface area contributed by atoms with Gasteiger partial charge < -0.3 is 21.1 Å². The molecule has 176 valence electrons. The number of hydrogen-bond acceptors (Lipinski definition) is 4. The zero-order chi connectivity index (χ0) is 23.9. The summed E-state index contributed by atoms with van der Waals surface area (Å²) < 4.78 is 6.06. The number of rotatable bonds is 7. The van der Waals surface area contributed by atoms with Crippen LogP contribution >= 0.6 is 0 Å². The van der Waals surface area contributed by atoms with Crippen molar-refractivity contribution in [2.75, 3.05) is 11.1 Å². The van der Waals surface area contributed by atoms with Crippen molar-refractivity contribution in [1.82, 2.24) is 5.32 Å². The Morgan fingerprint density at radius 2 is 1.69 bits per heavy atom. The van der Waals surface area contributed by atoms with Gasteiger partial charge in [0.2, 0.25) is 0 Å². The third kappa shape index (κ3) is 9.51. The minimum Gasteiger partial charge on any atom is -0.467 e. The molecule has 2 atom stereocenters. The lowest BCUT2D eigenvalue weighted by Gasteiger charge is -2.28. The molecule has 1 heterocycles. The second kappa shape index (κ2) is 15.0. The monoisotopic (exact) mass is 437 g/mol. The minimum atomic E-state index is -0.250. The van der Waals surface area contributed by atoms with Crippen molar-refractivity contribution < 1.29 is 4.74 Å². The van der Waals surface area contributed by atoms with Crippen LogP contribution in [0.15, 0.2) is 66.3 Å². The van der Waals surface area contributed by atoms with Crippen molar-refractivity contribution in [3.63, 3.8) is 0 Å². The minimum absolute atomic E-state index is 0.236. The molecular formula is C28H43N3O. The Kier molecular flexibility index (Phi) is 12.7. The van der Waals surface area contributed by atoms with Crippen molar-refractivity contribution >= 4 is 17.1 Å². The fraction of sp³-hybridized carbons (Fsp3) is 0.429. The van der Waals surface area contributed by atoms with Gasteiger partial charge >= 0.3 is 0 Å². The second-order valence-corrected chi connectivity index (χ2v) is 7.91. The van der Waals surface area contributed by atoms with E-state index in [4.69, 9.17) is 10.5 Å². The van der Waals surface area contributed by atoms with E-state index < -0.39 is 0 Å². The first kappa shape index (κ1) is 27.2. The highest BCUT2D eigenvalue weighted by Crippen LogP contribution is 2.29. The fourth-order valence-corrected chi connectivity index (χ4v) is 3.30. The van der Waals surface area contributed by atoms with Crippen LogP contribution in [0.2, 0.25) is 0 Å². The number of ether oxygens (including phenoxy) is 1. The molecule has 4 nitrogen and oxygen atoms in total. The van der Waals surface area contributed by atoms with Gasteiger partial charge in [0, 0.05) is 34.8 Å². The van der Waals surface area contributed by atoms with Crippen LogP contribution in [0.25, 0.3) is 5.70 Å².